The van der Waals surface area contributed by atoms with E-state index in [2.05, 4.69) is 36.5 Å². The molecule has 116 valence electrons. The Morgan fingerprint density at radius 2 is 1.52 bits per heavy atom. The van der Waals surface area contributed by atoms with E-state index in [1.807, 2.05) is 0 Å². The maximum Gasteiger partial charge on any atom is 0.0342 e. The number of hydrogen-bond acceptors (Lipinski definition) is 1. The molecule has 0 saturated heterocycles. The average molecular weight is 285 g/mol. The van der Waals surface area contributed by atoms with Crippen molar-refractivity contribution < 1.29 is 0 Å². The highest BCUT2D eigenvalue weighted by Gasteiger charge is 2.32. The first-order valence-corrected chi connectivity index (χ1v) is 9.22. The molecule has 1 aromatic rings. The van der Waals surface area contributed by atoms with Gasteiger partial charge in [0.1, 0.15) is 0 Å². The van der Waals surface area contributed by atoms with Crippen molar-refractivity contribution in [3.63, 3.8) is 0 Å². The Bertz CT molecular complexity index is 416. The van der Waals surface area contributed by atoms with Gasteiger partial charge in [-0.25, -0.2) is 0 Å². The number of benzene rings is 1. The van der Waals surface area contributed by atoms with Crippen molar-refractivity contribution >= 4 is 5.69 Å². The van der Waals surface area contributed by atoms with Crippen LogP contribution in [0.1, 0.15) is 70.3 Å². The molecule has 0 bridgehead atoms. The Kier molecular flexibility index (Phi) is 5.22. The summed E-state index contributed by atoms with van der Waals surface area (Å²) in [6.45, 7) is 2.22. The molecule has 1 aromatic carbocycles. The molecule has 0 aliphatic heterocycles. The van der Waals surface area contributed by atoms with Crippen LogP contribution in [0.5, 0.6) is 0 Å². The molecule has 2 aliphatic rings. The molecule has 1 N–H and O–H groups in total. The van der Waals surface area contributed by atoms with E-state index in [9.17, 15) is 0 Å². The molecular formula is C20H31N. The van der Waals surface area contributed by atoms with Crippen molar-refractivity contribution in [2.24, 2.45) is 11.8 Å². The summed E-state index contributed by atoms with van der Waals surface area (Å²) >= 11 is 0. The third-order valence-electron chi connectivity index (χ3n) is 5.79. The van der Waals surface area contributed by atoms with Crippen LogP contribution < -0.4 is 5.32 Å². The summed E-state index contributed by atoms with van der Waals surface area (Å²) in [5.41, 5.74) is 2.77. The maximum atomic E-state index is 3.88. The summed E-state index contributed by atoms with van der Waals surface area (Å²) in [6.07, 6.45) is 14.2. The molecular weight excluding hydrogens is 254 g/mol. The minimum atomic E-state index is 0.717. The lowest BCUT2D eigenvalue weighted by molar-refractivity contribution is 0.180. The van der Waals surface area contributed by atoms with E-state index in [1.54, 1.807) is 0 Å². The molecule has 2 fully saturated rings. The molecule has 1 heteroatoms. The van der Waals surface area contributed by atoms with Crippen molar-refractivity contribution in [2.75, 3.05) is 5.32 Å². The fraction of sp³-hybridized carbons (Fsp3) is 0.700. The third kappa shape index (κ3) is 3.81. The number of hydrogen-bond donors (Lipinski definition) is 1. The molecule has 0 amide bonds. The summed E-state index contributed by atoms with van der Waals surface area (Å²) in [4.78, 5) is 0. The van der Waals surface area contributed by atoms with Crippen LogP contribution in [0.25, 0.3) is 0 Å². The molecule has 0 heterocycles. The molecule has 0 spiro atoms. The lowest BCUT2D eigenvalue weighted by atomic mass is 9.71. The van der Waals surface area contributed by atoms with Crippen LogP contribution in [-0.2, 0) is 6.42 Å². The van der Waals surface area contributed by atoms with Crippen LogP contribution in [0.3, 0.4) is 0 Å². The monoisotopic (exact) mass is 285 g/mol. The summed E-state index contributed by atoms with van der Waals surface area (Å²) in [5.74, 6) is 1.91. The van der Waals surface area contributed by atoms with E-state index < -0.39 is 0 Å². The second kappa shape index (κ2) is 7.33. The van der Waals surface area contributed by atoms with Crippen molar-refractivity contribution in [3.8, 4) is 0 Å². The van der Waals surface area contributed by atoms with Crippen molar-refractivity contribution in [3.05, 3.63) is 29.8 Å². The molecule has 2 saturated carbocycles. The van der Waals surface area contributed by atoms with E-state index in [4.69, 9.17) is 0 Å². The predicted octanol–water partition coefficient (Wildman–Crippen LogP) is 5.80. The standard InChI is InChI=1S/C20H31N/c1-2-16-12-14-18(15-13-16)21-20-11-7-6-10-19(20)17-8-4-3-5-9-17/h12-15,17,19-21H,2-11H2,1H3. The van der Waals surface area contributed by atoms with Crippen LogP contribution in [0.2, 0.25) is 0 Å². The normalized spacial score (nSPS) is 27.5. The summed E-state index contributed by atoms with van der Waals surface area (Å²) in [5, 5.41) is 3.88. The minimum Gasteiger partial charge on any atom is -0.382 e. The van der Waals surface area contributed by atoms with Gasteiger partial charge in [0.25, 0.3) is 0 Å². The summed E-state index contributed by atoms with van der Waals surface area (Å²) in [7, 11) is 0. The molecule has 2 atom stereocenters. The second-order valence-electron chi connectivity index (χ2n) is 7.15. The van der Waals surface area contributed by atoms with Gasteiger partial charge in [0, 0.05) is 11.7 Å². The molecule has 21 heavy (non-hydrogen) atoms. The quantitative estimate of drug-likeness (QED) is 0.737. The first kappa shape index (κ1) is 14.9. The van der Waals surface area contributed by atoms with E-state index in [1.165, 1.54) is 69.0 Å². The van der Waals surface area contributed by atoms with Gasteiger partial charge in [-0.1, -0.05) is 64.0 Å². The zero-order valence-corrected chi connectivity index (χ0v) is 13.6. The van der Waals surface area contributed by atoms with Gasteiger partial charge >= 0.3 is 0 Å². The molecule has 0 radical (unpaired) electrons. The maximum absolute atomic E-state index is 3.88. The summed E-state index contributed by atoms with van der Waals surface area (Å²) in [6, 6.07) is 9.84. The molecule has 2 unspecified atom stereocenters. The first-order chi connectivity index (χ1) is 10.4. The van der Waals surface area contributed by atoms with Crippen molar-refractivity contribution in [1.29, 1.82) is 0 Å². The fourth-order valence-corrected chi connectivity index (χ4v) is 4.52. The smallest absolute Gasteiger partial charge is 0.0342 e. The van der Waals surface area contributed by atoms with E-state index in [0.717, 1.165) is 18.3 Å². The van der Waals surface area contributed by atoms with Gasteiger partial charge in [0.2, 0.25) is 0 Å². The zero-order valence-electron chi connectivity index (χ0n) is 13.6. The third-order valence-corrected chi connectivity index (χ3v) is 5.79. The van der Waals surface area contributed by atoms with Crippen LogP contribution >= 0.6 is 0 Å². The molecule has 3 rings (SSSR count). The molecule has 1 nitrogen and oxygen atoms in total. The van der Waals surface area contributed by atoms with Crippen LogP contribution in [0, 0.1) is 11.8 Å². The molecule has 0 aromatic heterocycles. The predicted molar refractivity (Wildman–Crippen MR) is 91.8 cm³/mol. The Balaban J connectivity index is 1.65. The van der Waals surface area contributed by atoms with Gasteiger partial charge in [-0.05, 0) is 48.8 Å². The highest BCUT2D eigenvalue weighted by molar-refractivity contribution is 5.45. The SMILES string of the molecule is CCc1ccc(NC2CCCCC2C2CCCCC2)cc1. The Hall–Kier alpha value is -0.980. The first-order valence-electron chi connectivity index (χ1n) is 9.22. The number of rotatable bonds is 4. The van der Waals surface area contributed by atoms with Gasteiger partial charge in [-0.15, -0.1) is 0 Å². The number of anilines is 1. The molecule has 2 aliphatic carbocycles. The fourth-order valence-electron chi connectivity index (χ4n) is 4.52. The highest BCUT2D eigenvalue weighted by atomic mass is 14.9. The van der Waals surface area contributed by atoms with Crippen LogP contribution in [0.15, 0.2) is 24.3 Å². The summed E-state index contributed by atoms with van der Waals surface area (Å²) < 4.78 is 0. The van der Waals surface area contributed by atoms with E-state index >= 15 is 0 Å². The van der Waals surface area contributed by atoms with Gasteiger partial charge in [-0.2, -0.15) is 0 Å². The second-order valence-corrected chi connectivity index (χ2v) is 7.15. The lowest BCUT2D eigenvalue weighted by Crippen LogP contribution is -2.37. The zero-order chi connectivity index (χ0) is 14.5. The average Bonchev–Trinajstić information content (AvgIpc) is 2.57. The van der Waals surface area contributed by atoms with Crippen molar-refractivity contribution in [1.82, 2.24) is 0 Å². The highest BCUT2D eigenvalue weighted by Crippen LogP contribution is 2.39. The lowest BCUT2D eigenvalue weighted by Gasteiger charge is -2.39. The van der Waals surface area contributed by atoms with E-state index in [-0.39, 0.29) is 0 Å². The topological polar surface area (TPSA) is 12.0 Å². The number of aryl methyl sites for hydroxylation is 1. The largest absolute Gasteiger partial charge is 0.382 e. The van der Waals surface area contributed by atoms with E-state index in [0.29, 0.717) is 6.04 Å². The van der Waals surface area contributed by atoms with Crippen LogP contribution in [-0.4, -0.2) is 6.04 Å². The van der Waals surface area contributed by atoms with Gasteiger partial charge in [0.05, 0.1) is 0 Å². The Morgan fingerprint density at radius 3 is 2.24 bits per heavy atom. The van der Waals surface area contributed by atoms with Crippen molar-refractivity contribution in [2.45, 2.75) is 77.2 Å². The van der Waals surface area contributed by atoms with Gasteiger partial charge in [-0.3, -0.25) is 0 Å². The minimum absolute atomic E-state index is 0.717. The Morgan fingerprint density at radius 1 is 0.857 bits per heavy atom. The van der Waals surface area contributed by atoms with Crippen LogP contribution in [0.4, 0.5) is 5.69 Å². The number of nitrogens with one attached hydrogen (secondary N) is 1. The van der Waals surface area contributed by atoms with Gasteiger partial charge < -0.3 is 5.32 Å². The Labute approximate surface area is 130 Å². The van der Waals surface area contributed by atoms with Gasteiger partial charge in [0.15, 0.2) is 0 Å².